The number of amides is 2. The van der Waals surface area contributed by atoms with Gasteiger partial charge in [0.05, 0.1) is 4.90 Å². The minimum atomic E-state index is -4.74. The van der Waals surface area contributed by atoms with Gasteiger partial charge in [-0.05, 0) is 49.2 Å². The summed E-state index contributed by atoms with van der Waals surface area (Å²) in [5, 5.41) is 0. The van der Waals surface area contributed by atoms with Gasteiger partial charge in [-0.2, -0.15) is 8.78 Å². The number of alkyl halides is 2. The molecule has 0 aliphatic rings. The van der Waals surface area contributed by atoms with E-state index in [-0.39, 0.29) is 12.2 Å². The molecule has 0 aliphatic carbocycles. The van der Waals surface area contributed by atoms with Gasteiger partial charge >= 0.3 is 5.76 Å². The van der Waals surface area contributed by atoms with Crippen molar-refractivity contribution in [1.82, 2.24) is 10.9 Å². The Morgan fingerprint density at radius 2 is 1.57 bits per heavy atom. The Bertz CT molecular complexity index is 956. The first-order valence-electron chi connectivity index (χ1n) is 8.03. The van der Waals surface area contributed by atoms with Gasteiger partial charge in [-0.1, -0.05) is 18.2 Å². The van der Waals surface area contributed by atoms with E-state index in [1.165, 1.54) is 0 Å². The molecule has 0 aromatic heterocycles. The Morgan fingerprint density at radius 3 is 2.11 bits per heavy atom. The van der Waals surface area contributed by atoms with E-state index in [9.17, 15) is 26.8 Å². The van der Waals surface area contributed by atoms with Crippen LogP contribution in [0.1, 0.15) is 21.5 Å². The predicted molar refractivity (Wildman–Crippen MR) is 96.7 cm³/mol. The highest BCUT2D eigenvalue weighted by atomic mass is 32.2. The van der Waals surface area contributed by atoms with Gasteiger partial charge in [0, 0.05) is 5.56 Å². The number of carbonyl (C=O) groups is 2. The van der Waals surface area contributed by atoms with Gasteiger partial charge in [0.1, 0.15) is 5.75 Å². The number of carbonyl (C=O) groups excluding carboxylic acids is 2. The molecule has 2 aromatic rings. The number of para-hydroxylation sites is 1. The van der Waals surface area contributed by atoms with Gasteiger partial charge in [0.25, 0.3) is 11.8 Å². The summed E-state index contributed by atoms with van der Waals surface area (Å²) in [5.41, 5.74) is 5.97. The van der Waals surface area contributed by atoms with E-state index in [1.807, 2.05) is 32.0 Å². The zero-order chi connectivity index (χ0) is 20.9. The van der Waals surface area contributed by atoms with Crippen molar-refractivity contribution in [2.75, 3.05) is 6.61 Å². The van der Waals surface area contributed by atoms with E-state index < -0.39 is 32.3 Å². The molecule has 0 bridgehead atoms. The third-order valence-electron chi connectivity index (χ3n) is 3.75. The Hall–Kier alpha value is -3.01. The number of ether oxygens (including phenoxy) is 1. The molecule has 7 nitrogen and oxygen atoms in total. The average molecular weight is 412 g/mol. The topological polar surface area (TPSA) is 102 Å². The molecule has 0 unspecified atom stereocenters. The van der Waals surface area contributed by atoms with Crippen LogP contribution in [-0.2, 0) is 14.6 Å². The Balaban J connectivity index is 1.90. The fraction of sp³-hybridized carbons (Fsp3) is 0.222. The Kier molecular flexibility index (Phi) is 6.68. The molecule has 2 rings (SSSR count). The Morgan fingerprint density at radius 1 is 1.00 bits per heavy atom. The zero-order valence-corrected chi connectivity index (χ0v) is 15.8. The predicted octanol–water partition coefficient (Wildman–Crippen LogP) is 2.14. The third-order valence-corrected chi connectivity index (χ3v) is 5.15. The number of sulfone groups is 1. The van der Waals surface area contributed by atoms with E-state index in [2.05, 4.69) is 10.9 Å². The maximum absolute atomic E-state index is 12.5. The van der Waals surface area contributed by atoms with Crippen LogP contribution in [0.25, 0.3) is 0 Å². The molecule has 2 amide bonds. The number of halogens is 2. The van der Waals surface area contributed by atoms with Crippen LogP contribution in [-0.4, -0.2) is 32.6 Å². The van der Waals surface area contributed by atoms with Crippen LogP contribution in [0.4, 0.5) is 8.78 Å². The van der Waals surface area contributed by atoms with Gasteiger partial charge in [-0.25, -0.2) is 8.42 Å². The second kappa shape index (κ2) is 8.79. The molecule has 2 N–H and O–H groups in total. The third kappa shape index (κ3) is 5.03. The maximum Gasteiger partial charge on any atom is 0.341 e. The number of hydrogen-bond acceptors (Lipinski definition) is 5. The smallest absolute Gasteiger partial charge is 0.341 e. The number of nitrogens with one attached hydrogen (secondary N) is 2. The first-order valence-corrected chi connectivity index (χ1v) is 9.58. The molecule has 0 heterocycles. The lowest BCUT2D eigenvalue weighted by Crippen LogP contribution is -2.43. The minimum absolute atomic E-state index is 0.0239. The highest BCUT2D eigenvalue weighted by Gasteiger charge is 2.26. The second-order valence-electron chi connectivity index (χ2n) is 5.84. The van der Waals surface area contributed by atoms with Crippen molar-refractivity contribution >= 4 is 21.7 Å². The van der Waals surface area contributed by atoms with Crippen LogP contribution in [0.5, 0.6) is 5.75 Å². The van der Waals surface area contributed by atoms with Crippen LogP contribution >= 0.6 is 0 Å². The average Bonchev–Trinajstić information content (AvgIpc) is 2.65. The van der Waals surface area contributed by atoms with E-state index in [4.69, 9.17) is 4.74 Å². The largest absolute Gasteiger partial charge is 0.483 e. The summed E-state index contributed by atoms with van der Waals surface area (Å²) in [4.78, 5) is 23.2. The number of aryl methyl sites for hydroxylation is 2. The highest BCUT2D eigenvalue weighted by Crippen LogP contribution is 2.22. The highest BCUT2D eigenvalue weighted by molar-refractivity contribution is 7.91. The molecule has 150 valence electrons. The summed E-state index contributed by atoms with van der Waals surface area (Å²) in [6, 6.07) is 9.42. The van der Waals surface area contributed by atoms with Crippen molar-refractivity contribution in [1.29, 1.82) is 0 Å². The molecule has 2 aromatic carbocycles. The molecular formula is C18H18F2N2O5S. The van der Waals surface area contributed by atoms with Gasteiger partial charge < -0.3 is 4.74 Å². The molecule has 10 heteroatoms. The number of hydrogen-bond donors (Lipinski definition) is 2. The standard InChI is InChI=1S/C18H18F2N2O5S/c1-11-4-3-5-12(2)16(11)27-10-15(23)21-22-17(24)13-6-8-14(9-7-13)28(25,26)18(19)20/h3-9,18H,10H2,1-2H3,(H,21,23)(H,22,24). The lowest BCUT2D eigenvalue weighted by molar-refractivity contribution is -0.123. The monoisotopic (exact) mass is 412 g/mol. The zero-order valence-electron chi connectivity index (χ0n) is 15.0. The van der Waals surface area contributed by atoms with Crippen molar-refractivity contribution in [2.45, 2.75) is 24.5 Å². The first kappa shape index (κ1) is 21.3. The van der Waals surface area contributed by atoms with E-state index in [1.54, 1.807) is 0 Å². The summed E-state index contributed by atoms with van der Waals surface area (Å²) in [6.45, 7) is 3.33. The fourth-order valence-electron chi connectivity index (χ4n) is 2.30. The number of hydrazine groups is 1. The van der Waals surface area contributed by atoms with Gasteiger partial charge in [-0.3, -0.25) is 20.4 Å². The van der Waals surface area contributed by atoms with Crippen molar-refractivity contribution < 1.29 is 31.5 Å². The van der Waals surface area contributed by atoms with Crippen molar-refractivity contribution in [3.63, 3.8) is 0 Å². The minimum Gasteiger partial charge on any atom is -0.483 e. The molecule has 0 aliphatic heterocycles. The molecule has 28 heavy (non-hydrogen) atoms. The normalized spacial score (nSPS) is 11.2. The van der Waals surface area contributed by atoms with E-state index in [0.29, 0.717) is 5.75 Å². The van der Waals surface area contributed by atoms with Crippen molar-refractivity contribution in [3.05, 3.63) is 59.2 Å². The summed E-state index contributed by atoms with van der Waals surface area (Å²) >= 11 is 0. The van der Waals surface area contributed by atoms with Crippen LogP contribution in [0.15, 0.2) is 47.4 Å². The lowest BCUT2D eigenvalue weighted by Gasteiger charge is -2.12. The maximum atomic E-state index is 12.5. The van der Waals surface area contributed by atoms with Crippen LogP contribution < -0.4 is 15.6 Å². The van der Waals surface area contributed by atoms with E-state index in [0.717, 1.165) is 35.4 Å². The summed E-state index contributed by atoms with van der Waals surface area (Å²) in [6.07, 6.45) is 0. The van der Waals surface area contributed by atoms with Gasteiger partial charge in [-0.15, -0.1) is 0 Å². The SMILES string of the molecule is Cc1cccc(C)c1OCC(=O)NNC(=O)c1ccc(S(=O)(=O)C(F)F)cc1. The van der Waals surface area contributed by atoms with Crippen molar-refractivity contribution in [3.8, 4) is 5.75 Å². The van der Waals surface area contributed by atoms with Gasteiger partial charge in [0.2, 0.25) is 9.84 Å². The fourth-order valence-corrected chi connectivity index (χ4v) is 3.02. The summed E-state index contributed by atoms with van der Waals surface area (Å²) < 4.78 is 53.1. The molecule has 0 spiro atoms. The summed E-state index contributed by atoms with van der Waals surface area (Å²) in [7, 11) is -4.74. The summed E-state index contributed by atoms with van der Waals surface area (Å²) in [5.74, 6) is -4.35. The molecular weight excluding hydrogens is 394 g/mol. The molecule has 0 radical (unpaired) electrons. The number of benzene rings is 2. The van der Waals surface area contributed by atoms with E-state index >= 15 is 0 Å². The molecule has 0 fully saturated rings. The van der Waals surface area contributed by atoms with Crippen LogP contribution in [0, 0.1) is 13.8 Å². The van der Waals surface area contributed by atoms with Crippen molar-refractivity contribution in [2.24, 2.45) is 0 Å². The molecule has 0 saturated heterocycles. The number of rotatable bonds is 6. The molecule has 0 atom stereocenters. The quantitative estimate of drug-likeness (QED) is 0.708. The van der Waals surface area contributed by atoms with Crippen LogP contribution in [0.2, 0.25) is 0 Å². The van der Waals surface area contributed by atoms with Gasteiger partial charge in [0.15, 0.2) is 6.61 Å². The first-order chi connectivity index (χ1) is 13.1. The lowest BCUT2D eigenvalue weighted by atomic mass is 10.1. The van der Waals surface area contributed by atoms with Crippen LogP contribution in [0.3, 0.4) is 0 Å². The second-order valence-corrected chi connectivity index (χ2v) is 7.76. The Labute approximate surface area is 160 Å². The molecule has 0 saturated carbocycles.